The first-order valence-electron chi connectivity index (χ1n) is 11.1. The Morgan fingerprint density at radius 2 is 1.81 bits per heavy atom. The van der Waals surface area contributed by atoms with Crippen molar-refractivity contribution in [3.05, 3.63) is 101 Å². The van der Waals surface area contributed by atoms with Crippen molar-refractivity contribution >= 4 is 24.0 Å². The predicted octanol–water partition coefficient (Wildman–Crippen LogP) is 5.72. The van der Waals surface area contributed by atoms with E-state index in [1.54, 1.807) is 24.3 Å². The number of carbonyl (C=O) groups excluding carboxylic acids is 1. The van der Waals surface area contributed by atoms with Gasteiger partial charge < -0.3 is 5.32 Å². The zero-order chi connectivity index (χ0) is 24.4. The van der Waals surface area contributed by atoms with Crippen molar-refractivity contribution in [1.82, 2.24) is 20.1 Å². The molecule has 10 heteroatoms. The number of carbonyl (C=O) groups is 1. The Morgan fingerprint density at radius 1 is 1.03 bits per heavy atom. The van der Waals surface area contributed by atoms with E-state index in [-0.39, 0.29) is 18.3 Å². The molecule has 1 aliphatic heterocycles. The highest BCUT2D eigenvalue weighted by Crippen LogP contribution is 2.32. The Balaban J connectivity index is 0.00000304. The van der Waals surface area contributed by atoms with Gasteiger partial charge in [0.05, 0.1) is 12.1 Å². The summed E-state index contributed by atoms with van der Waals surface area (Å²) in [6.07, 6.45) is -2.07. The summed E-state index contributed by atoms with van der Waals surface area (Å²) in [5, 5.41) is 9.71. The van der Waals surface area contributed by atoms with Gasteiger partial charge in [0, 0.05) is 24.3 Å². The molecule has 2 heterocycles. The molecule has 186 valence electrons. The number of nitrogens with one attached hydrogen (secondary N) is 2. The Hall–Kier alpha value is -3.69. The van der Waals surface area contributed by atoms with Gasteiger partial charge in [-0.2, -0.15) is 18.3 Å². The zero-order valence-electron chi connectivity index (χ0n) is 19.0. The molecular formula is C26H23ClF3N5O. The van der Waals surface area contributed by atoms with Crippen LogP contribution in [0.25, 0.3) is 11.1 Å². The number of hydrogen-bond acceptors (Lipinski definition) is 4. The third-order valence-corrected chi connectivity index (χ3v) is 6.09. The Morgan fingerprint density at radius 3 is 2.53 bits per heavy atom. The minimum atomic E-state index is -4.41. The van der Waals surface area contributed by atoms with Crippen molar-refractivity contribution in [3.63, 3.8) is 0 Å². The van der Waals surface area contributed by atoms with Gasteiger partial charge in [-0.1, -0.05) is 36.4 Å². The molecular weight excluding hydrogens is 491 g/mol. The van der Waals surface area contributed by atoms with Crippen molar-refractivity contribution in [3.8, 4) is 11.1 Å². The van der Waals surface area contributed by atoms with Crippen LogP contribution in [0.4, 0.5) is 18.9 Å². The van der Waals surface area contributed by atoms with E-state index in [0.29, 0.717) is 28.9 Å². The van der Waals surface area contributed by atoms with E-state index in [1.807, 2.05) is 18.2 Å². The van der Waals surface area contributed by atoms with Gasteiger partial charge in [0.25, 0.3) is 5.91 Å². The number of aromatic nitrogens is 3. The lowest BCUT2D eigenvalue weighted by atomic mass is 9.97. The molecule has 5 rings (SSSR count). The summed E-state index contributed by atoms with van der Waals surface area (Å²) in [5.41, 5.74) is 3.83. The number of halogens is 4. The molecule has 0 atom stereocenters. The maximum atomic E-state index is 13.1. The summed E-state index contributed by atoms with van der Waals surface area (Å²) in [4.78, 5) is 19.6. The van der Waals surface area contributed by atoms with Crippen LogP contribution in [-0.4, -0.2) is 32.5 Å². The highest BCUT2D eigenvalue weighted by molar-refractivity contribution is 6.08. The van der Waals surface area contributed by atoms with E-state index < -0.39 is 11.7 Å². The largest absolute Gasteiger partial charge is 0.416 e. The van der Waals surface area contributed by atoms with Crippen LogP contribution in [0.3, 0.4) is 0 Å². The Kier molecular flexibility index (Phi) is 7.42. The van der Waals surface area contributed by atoms with Crippen molar-refractivity contribution < 1.29 is 18.0 Å². The van der Waals surface area contributed by atoms with Gasteiger partial charge >= 0.3 is 6.18 Å². The summed E-state index contributed by atoms with van der Waals surface area (Å²) < 4.78 is 38.8. The highest BCUT2D eigenvalue weighted by atomic mass is 35.5. The van der Waals surface area contributed by atoms with Gasteiger partial charge in [-0.05, 0) is 59.0 Å². The van der Waals surface area contributed by atoms with Gasteiger partial charge in [-0.15, -0.1) is 12.4 Å². The second kappa shape index (κ2) is 10.5. The fourth-order valence-electron chi connectivity index (χ4n) is 4.31. The van der Waals surface area contributed by atoms with Gasteiger partial charge in [0.2, 0.25) is 0 Å². The van der Waals surface area contributed by atoms with Gasteiger partial charge in [0.1, 0.15) is 12.2 Å². The zero-order valence-corrected chi connectivity index (χ0v) is 19.9. The summed E-state index contributed by atoms with van der Waals surface area (Å²) in [5.74, 6) is 0.507. The van der Waals surface area contributed by atoms with E-state index in [4.69, 9.17) is 0 Å². The normalized spacial score (nSPS) is 13.5. The maximum absolute atomic E-state index is 13.1. The molecule has 0 bridgehead atoms. The second-order valence-electron chi connectivity index (χ2n) is 8.45. The number of aromatic amines is 1. The third-order valence-electron chi connectivity index (χ3n) is 6.09. The lowest BCUT2D eigenvalue weighted by Crippen LogP contribution is -2.30. The van der Waals surface area contributed by atoms with Crippen molar-refractivity contribution in [2.45, 2.75) is 25.7 Å². The van der Waals surface area contributed by atoms with E-state index in [2.05, 4.69) is 25.4 Å². The van der Waals surface area contributed by atoms with Crippen LogP contribution < -0.4 is 5.32 Å². The van der Waals surface area contributed by atoms with E-state index in [9.17, 15) is 18.0 Å². The molecule has 0 aliphatic carbocycles. The standard InChI is InChI=1S/C26H22F3N5O.ClH/c27-26(28,29)20-8-5-17(6-9-20)22-3-1-2-4-23(22)25(35)32-21-10-7-19-14-34(12-11-18(19)13-21)15-24-30-16-31-33-24;/h1-10,13,16H,11-12,14-15H2,(H,32,35)(H,30,31,33);1H. The molecule has 0 saturated carbocycles. The van der Waals surface area contributed by atoms with E-state index in [1.165, 1.54) is 29.6 Å². The number of rotatable bonds is 5. The van der Waals surface area contributed by atoms with Crippen LogP contribution in [0.2, 0.25) is 0 Å². The number of benzene rings is 3. The lowest BCUT2D eigenvalue weighted by molar-refractivity contribution is -0.137. The second-order valence-corrected chi connectivity index (χ2v) is 8.45. The van der Waals surface area contributed by atoms with Crippen LogP contribution in [0, 0.1) is 0 Å². The topological polar surface area (TPSA) is 73.9 Å². The van der Waals surface area contributed by atoms with Crippen LogP contribution in [0.15, 0.2) is 73.1 Å². The van der Waals surface area contributed by atoms with Gasteiger partial charge in [-0.25, -0.2) is 4.98 Å². The van der Waals surface area contributed by atoms with Crippen LogP contribution in [0.5, 0.6) is 0 Å². The monoisotopic (exact) mass is 513 g/mol. The maximum Gasteiger partial charge on any atom is 0.416 e. The average Bonchev–Trinajstić information content (AvgIpc) is 3.37. The number of anilines is 1. The number of H-pyrrole nitrogens is 1. The molecule has 0 unspecified atom stereocenters. The Labute approximate surface area is 212 Å². The molecule has 1 aliphatic rings. The molecule has 1 amide bonds. The summed E-state index contributed by atoms with van der Waals surface area (Å²) >= 11 is 0. The molecule has 36 heavy (non-hydrogen) atoms. The molecule has 3 aromatic carbocycles. The number of fused-ring (bicyclic) bond motifs is 1. The molecule has 2 N–H and O–H groups in total. The smallest absolute Gasteiger partial charge is 0.322 e. The minimum Gasteiger partial charge on any atom is -0.322 e. The molecule has 0 spiro atoms. The van der Waals surface area contributed by atoms with Crippen LogP contribution >= 0.6 is 12.4 Å². The van der Waals surface area contributed by atoms with Crippen molar-refractivity contribution in [2.75, 3.05) is 11.9 Å². The predicted molar refractivity (Wildman–Crippen MR) is 133 cm³/mol. The lowest BCUT2D eigenvalue weighted by Gasteiger charge is -2.28. The highest BCUT2D eigenvalue weighted by Gasteiger charge is 2.30. The number of amides is 1. The molecule has 4 aromatic rings. The van der Waals surface area contributed by atoms with Gasteiger partial charge in [-0.3, -0.25) is 14.8 Å². The Bertz CT molecular complexity index is 1340. The summed E-state index contributed by atoms with van der Waals surface area (Å²) in [7, 11) is 0. The summed E-state index contributed by atoms with van der Waals surface area (Å²) in [6, 6.07) is 17.6. The quantitative estimate of drug-likeness (QED) is 0.358. The first-order chi connectivity index (χ1) is 16.9. The molecule has 6 nitrogen and oxygen atoms in total. The van der Waals surface area contributed by atoms with E-state index in [0.717, 1.165) is 37.5 Å². The number of hydrogen-bond donors (Lipinski definition) is 2. The van der Waals surface area contributed by atoms with Crippen LogP contribution in [0.1, 0.15) is 32.9 Å². The molecule has 1 aromatic heterocycles. The van der Waals surface area contributed by atoms with Crippen LogP contribution in [-0.2, 0) is 25.7 Å². The number of alkyl halides is 3. The van der Waals surface area contributed by atoms with Gasteiger partial charge in [0.15, 0.2) is 0 Å². The molecule has 0 fully saturated rings. The summed E-state index contributed by atoms with van der Waals surface area (Å²) in [6.45, 7) is 2.33. The van der Waals surface area contributed by atoms with Crippen molar-refractivity contribution in [1.29, 1.82) is 0 Å². The SMILES string of the molecule is Cl.O=C(Nc1ccc2c(c1)CCN(Cc1ncn[nH]1)C2)c1ccccc1-c1ccc(C(F)(F)F)cc1. The fourth-order valence-corrected chi connectivity index (χ4v) is 4.31. The van der Waals surface area contributed by atoms with Crippen molar-refractivity contribution in [2.24, 2.45) is 0 Å². The first kappa shape index (κ1) is 25.4. The molecule has 0 radical (unpaired) electrons. The number of nitrogens with zero attached hydrogens (tertiary/aromatic N) is 3. The first-order valence-corrected chi connectivity index (χ1v) is 11.1. The van der Waals surface area contributed by atoms with E-state index >= 15 is 0 Å². The fraction of sp³-hybridized carbons (Fsp3) is 0.192. The molecule has 0 saturated heterocycles. The minimum absolute atomic E-state index is 0. The third kappa shape index (κ3) is 5.58. The average molecular weight is 514 g/mol.